The van der Waals surface area contributed by atoms with Crippen LogP contribution in [0.3, 0.4) is 0 Å². The van der Waals surface area contributed by atoms with E-state index in [1.807, 2.05) is 0 Å². The first kappa shape index (κ1) is 14.7. The molecule has 3 nitrogen and oxygen atoms in total. The monoisotopic (exact) mass is 286 g/mol. The van der Waals surface area contributed by atoms with Gasteiger partial charge in [-0.15, -0.1) is 0 Å². The molecular weight excluding hydrogens is 260 g/mol. The molecule has 0 amide bonds. The molecule has 3 aliphatic heterocycles. The van der Waals surface area contributed by atoms with Crippen molar-refractivity contribution in [3.8, 4) is 0 Å². The van der Waals surface area contributed by atoms with Crippen molar-refractivity contribution in [3.63, 3.8) is 0 Å². The number of carbonyl (C=O) groups is 1. The predicted octanol–water partition coefficient (Wildman–Crippen LogP) is 2.10. The Morgan fingerprint density at radius 2 is 1.71 bits per heavy atom. The Bertz CT molecular complexity index is 507. The van der Waals surface area contributed by atoms with Crippen molar-refractivity contribution >= 4 is 5.78 Å². The van der Waals surface area contributed by atoms with Crippen LogP contribution < -0.4 is 0 Å². The van der Waals surface area contributed by atoms with E-state index in [4.69, 9.17) is 0 Å². The Labute approximate surface area is 127 Å². The van der Waals surface area contributed by atoms with E-state index < -0.39 is 0 Å². The quantitative estimate of drug-likeness (QED) is 0.850. The molecule has 0 aromatic heterocycles. The minimum absolute atomic E-state index is 0.120. The van der Waals surface area contributed by atoms with Gasteiger partial charge in [0.2, 0.25) is 0 Å². The van der Waals surface area contributed by atoms with Crippen molar-refractivity contribution in [2.75, 3.05) is 32.7 Å². The third-order valence-corrected chi connectivity index (χ3v) is 4.85. The van der Waals surface area contributed by atoms with Gasteiger partial charge in [-0.1, -0.05) is 45.0 Å². The molecule has 3 fully saturated rings. The van der Waals surface area contributed by atoms with E-state index in [2.05, 4.69) is 54.8 Å². The van der Waals surface area contributed by atoms with Gasteiger partial charge in [0.15, 0.2) is 5.78 Å². The fourth-order valence-corrected chi connectivity index (χ4v) is 3.36. The molecule has 0 spiro atoms. The molecule has 1 atom stereocenters. The van der Waals surface area contributed by atoms with E-state index >= 15 is 0 Å². The predicted molar refractivity (Wildman–Crippen MR) is 85.7 cm³/mol. The van der Waals surface area contributed by atoms with E-state index in [1.54, 1.807) is 0 Å². The highest BCUT2D eigenvalue weighted by atomic mass is 16.1. The maximum absolute atomic E-state index is 12.6. The largest absolute Gasteiger partial charge is 0.299 e. The number of nitrogens with zero attached hydrogens (tertiary/aromatic N) is 2. The molecule has 1 unspecified atom stereocenters. The van der Waals surface area contributed by atoms with Gasteiger partial charge in [0.1, 0.15) is 0 Å². The molecule has 0 radical (unpaired) electrons. The zero-order chi connectivity index (χ0) is 15.0. The molecule has 3 heterocycles. The Morgan fingerprint density at radius 3 is 2.19 bits per heavy atom. The molecule has 1 aromatic carbocycles. The number of fused-ring (bicyclic) bond motifs is 3. The summed E-state index contributed by atoms with van der Waals surface area (Å²) in [4.78, 5) is 17.4. The molecule has 2 bridgehead atoms. The van der Waals surface area contributed by atoms with E-state index in [0.717, 1.165) is 38.3 Å². The van der Waals surface area contributed by atoms with Gasteiger partial charge >= 0.3 is 0 Å². The summed E-state index contributed by atoms with van der Waals surface area (Å²) in [6.45, 7) is 11.9. The standard InChI is InChI=1S/C18H26N2O/c1-18(2,3)15-6-4-14(5-7-15)12-17(21)16-13-19-8-10-20(16)11-9-19/h4-7,16H,8-13H2,1-3H3. The molecule has 3 aliphatic rings. The first-order valence-electron chi connectivity index (χ1n) is 8.02. The highest BCUT2D eigenvalue weighted by molar-refractivity contribution is 5.86. The molecule has 0 aliphatic carbocycles. The van der Waals surface area contributed by atoms with Crippen LogP contribution in [0.5, 0.6) is 0 Å². The Hall–Kier alpha value is -1.19. The number of ketones is 1. The van der Waals surface area contributed by atoms with E-state index in [-0.39, 0.29) is 11.5 Å². The summed E-state index contributed by atoms with van der Waals surface area (Å²) in [6.07, 6.45) is 0.569. The normalized spacial score (nSPS) is 28.6. The zero-order valence-electron chi connectivity index (χ0n) is 13.4. The SMILES string of the molecule is CC(C)(C)c1ccc(CC(=O)C2CN3CCN2CC3)cc1. The lowest BCUT2D eigenvalue weighted by Gasteiger charge is -2.46. The summed E-state index contributed by atoms with van der Waals surface area (Å²) in [6, 6.07) is 8.69. The van der Waals surface area contributed by atoms with Crippen LogP contribution in [0.4, 0.5) is 0 Å². The Morgan fingerprint density at radius 1 is 1.10 bits per heavy atom. The van der Waals surface area contributed by atoms with Crippen LogP contribution in [0.2, 0.25) is 0 Å². The lowest BCUT2D eigenvalue weighted by atomic mass is 9.86. The summed E-state index contributed by atoms with van der Waals surface area (Å²) in [7, 11) is 0. The van der Waals surface area contributed by atoms with Crippen LogP contribution in [0.25, 0.3) is 0 Å². The molecule has 3 heteroatoms. The maximum atomic E-state index is 12.6. The molecule has 3 saturated heterocycles. The summed E-state index contributed by atoms with van der Waals surface area (Å²) < 4.78 is 0. The Balaban J connectivity index is 1.65. The van der Waals surface area contributed by atoms with Crippen LogP contribution >= 0.6 is 0 Å². The van der Waals surface area contributed by atoms with Gasteiger partial charge in [0.05, 0.1) is 6.04 Å². The summed E-state index contributed by atoms with van der Waals surface area (Å²) in [5, 5.41) is 0. The van der Waals surface area contributed by atoms with Crippen LogP contribution in [0.1, 0.15) is 31.9 Å². The molecule has 1 aromatic rings. The minimum atomic E-state index is 0.120. The molecular formula is C18H26N2O. The number of benzene rings is 1. The topological polar surface area (TPSA) is 23.6 Å². The number of carbonyl (C=O) groups excluding carboxylic acids is 1. The van der Waals surface area contributed by atoms with Crippen molar-refractivity contribution < 1.29 is 4.79 Å². The number of piperazine rings is 3. The smallest absolute Gasteiger partial charge is 0.155 e. The number of hydrogen-bond acceptors (Lipinski definition) is 3. The van der Waals surface area contributed by atoms with Gasteiger partial charge in [-0.25, -0.2) is 0 Å². The van der Waals surface area contributed by atoms with Crippen molar-refractivity contribution in [1.82, 2.24) is 9.80 Å². The summed E-state index contributed by atoms with van der Waals surface area (Å²) in [5.41, 5.74) is 2.64. The second kappa shape index (κ2) is 5.54. The van der Waals surface area contributed by atoms with Gasteiger partial charge in [0, 0.05) is 39.1 Å². The molecule has 114 valence electrons. The van der Waals surface area contributed by atoms with Crippen molar-refractivity contribution in [1.29, 1.82) is 0 Å². The minimum Gasteiger partial charge on any atom is -0.299 e. The highest BCUT2D eigenvalue weighted by Crippen LogP contribution is 2.23. The van der Waals surface area contributed by atoms with Gasteiger partial charge in [0.25, 0.3) is 0 Å². The summed E-state index contributed by atoms with van der Waals surface area (Å²) in [5.74, 6) is 0.378. The first-order valence-corrected chi connectivity index (χ1v) is 8.02. The van der Waals surface area contributed by atoms with E-state index in [9.17, 15) is 4.79 Å². The average Bonchev–Trinajstić information content (AvgIpc) is 2.48. The zero-order valence-corrected chi connectivity index (χ0v) is 13.4. The number of rotatable bonds is 3. The average molecular weight is 286 g/mol. The first-order chi connectivity index (χ1) is 9.93. The number of hydrogen-bond donors (Lipinski definition) is 0. The van der Waals surface area contributed by atoms with E-state index in [1.165, 1.54) is 5.56 Å². The lowest BCUT2D eigenvalue weighted by molar-refractivity contribution is -0.128. The van der Waals surface area contributed by atoms with Gasteiger partial charge < -0.3 is 0 Å². The highest BCUT2D eigenvalue weighted by Gasteiger charge is 2.35. The van der Waals surface area contributed by atoms with Crippen molar-refractivity contribution in [2.45, 2.75) is 38.6 Å². The van der Waals surface area contributed by atoms with Crippen LogP contribution in [0.15, 0.2) is 24.3 Å². The van der Waals surface area contributed by atoms with Crippen molar-refractivity contribution in [2.24, 2.45) is 0 Å². The Kier molecular flexibility index (Phi) is 3.89. The maximum Gasteiger partial charge on any atom is 0.155 e. The number of Topliss-reactive ketones (excluding diaryl/α,β-unsaturated/α-hetero) is 1. The lowest BCUT2D eigenvalue weighted by Crippen LogP contribution is -2.63. The van der Waals surface area contributed by atoms with Crippen LogP contribution in [0, 0.1) is 0 Å². The van der Waals surface area contributed by atoms with Crippen LogP contribution in [-0.4, -0.2) is 54.3 Å². The fraction of sp³-hybridized carbons (Fsp3) is 0.611. The summed E-state index contributed by atoms with van der Waals surface area (Å²) >= 11 is 0. The molecule has 4 rings (SSSR count). The second-order valence-corrected chi connectivity index (χ2v) is 7.44. The van der Waals surface area contributed by atoms with Gasteiger partial charge in [-0.2, -0.15) is 0 Å². The third-order valence-electron chi connectivity index (χ3n) is 4.85. The van der Waals surface area contributed by atoms with Crippen LogP contribution in [-0.2, 0) is 16.6 Å². The fourth-order valence-electron chi connectivity index (χ4n) is 3.36. The van der Waals surface area contributed by atoms with E-state index in [0.29, 0.717) is 12.2 Å². The van der Waals surface area contributed by atoms with Gasteiger partial charge in [-0.3, -0.25) is 14.6 Å². The molecule has 21 heavy (non-hydrogen) atoms. The molecule has 0 N–H and O–H groups in total. The van der Waals surface area contributed by atoms with Gasteiger partial charge in [-0.05, 0) is 16.5 Å². The van der Waals surface area contributed by atoms with Crippen molar-refractivity contribution in [3.05, 3.63) is 35.4 Å². The second-order valence-electron chi connectivity index (χ2n) is 7.44. The molecule has 0 saturated carbocycles. The third kappa shape index (κ3) is 3.19.